The van der Waals surface area contributed by atoms with Crippen LogP contribution in [0.3, 0.4) is 0 Å². The number of aromatic nitrogens is 2. The van der Waals surface area contributed by atoms with E-state index in [2.05, 4.69) is 18.7 Å². The fourth-order valence-electron chi connectivity index (χ4n) is 4.98. The summed E-state index contributed by atoms with van der Waals surface area (Å²) in [6.45, 7) is 8.47. The summed E-state index contributed by atoms with van der Waals surface area (Å²) in [5.41, 5.74) is 2.84. The van der Waals surface area contributed by atoms with Crippen molar-refractivity contribution in [1.29, 1.82) is 0 Å². The molecule has 4 heterocycles. The second kappa shape index (κ2) is 9.59. The van der Waals surface area contributed by atoms with Crippen molar-refractivity contribution in [3.8, 4) is 0 Å². The normalized spacial score (nSPS) is 22.0. The van der Waals surface area contributed by atoms with Crippen LogP contribution in [0.2, 0.25) is 0 Å². The molecule has 0 bridgehead atoms. The van der Waals surface area contributed by atoms with Crippen molar-refractivity contribution in [2.45, 2.75) is 33.7 Å². The zero-order valence-electron chi connectivity index (χ0n) is 20.1. The molecule has 2 fully saturated rings. The molecular weight excluding hydrogens is 476 g/mol. The molecule has 3 aromatic rings. The quantitative estimate of drug-likeness (QED) is 0.373. The molecule has 0 aliphatic carbocycles. The van der Waals surface area contributed by atoms with Crippen LogP contribution in [0.25, 0.3) is 11.7 Å². The number of fused-ring (bicyclic) bond motifs is 1. The Balaban J connectivity index is 1.59. The van der Waals surface area contributed by atoms with Gasteiger partial charge in [0.1, 0.15) is 15.8 Å². The number of rotatable bonds is 4. The predicted molar refractivity (Wildman–Crippen MR) is 147 cm³/mol. The van der Waals surface area contributed by atoms with Crippen LogP contribution in [0.15, 0.2) is 58.4 Å². The van der Waals surface area contributed by atoms with E-state index in [0.29, 0.717) is 44.6 Å². The summed E-state index contributed by atoms with van der Waals surface area (Å²) in [7, 11) is 0. The molecule has 1 aromatic carbocycles. The van der Waals surface area contributed by atoms with Crippen molar-refractivity contribution in [3.63, 3.8) is 0 Å². The third-order valence-corrected chi connectivity index (χ3v) is 7.86. The third kappa shape index (κ3) is 4.77. The number of thiocarbonyl (C=S) groups is 1. The van der Waals surface area contributed by atoms with Crippen LogP contribution in [0.1, 0.15) is 37.0 Å². The highest BCUT2D eigenvalue weighted by Crippen LogP contribution is 2.35. The van der Waals surface area contributed by atoms with Crippen molar-refractivity contribution in [2.75, 3.05) is 18.0 Å². The van der Waals surface area contributed by atoms with Gasteiger partial charge in [-0.15, -0.1) is 0 Å². The lowest BCUT2D eigenvalue weighted by Crippen LogP contribution is -2.40. The average Bonchev–Trinajstić information content (AvgIpc) is 3.08. The van der Waals surface area contributed by atoms with Crippen LogP contribution in [-0.4, -0.2) is 37.6 Å². The van der Waals surface area contributed by atoms with Crippen molar-refractivity contribution >= 4 is 51.7 Å². The molecule has 0 spiro atoms. The molecule has 2 aromatic heterocycles. The Morgan fingerprint density at radius 3 is 2.51 bits per heavy atom. The number of hydrogen-bond donors (Lipinski definition) is 0. The van der Waals surface area contributed by atoms with Crippen LogP contribution in [0, 0.1) is 18.8 Å². The van der Waals surface area contributed by atoms with Gasteiger partial charge in [0.2, 0.25) is 0 Å². The van der Waals surface area contributed by atoms with Crippen LogP contribution >= 0.6 is 24.0 Å². The minimum absolute atomic E-state index is 0.173. The highest BCUT2D eigenvalue weighted by Gasteiger charge is 2.33. The molecular formula is C27H28N4O2S2. The van der Waals surface area contributed by atoms with Gasteiger partial charge in [-0.05, 0) is 48.4 Å². The van der Waals surface area contributed by atoms with E-state index in [4.69, 9.17) is 17.2 Å². The van der Waals surface area contributed by atoms with Gasteiger partial charge in [0, 0.05) is 19.3 Å². The lowest BCUT2D eigenvalue weighted by atomic mass is 9.91. The first-order valence-electron chi connectivity index (χ1n) is 11.9. The molecule has 1 amide bonds. The largest absolute Gasteiger partial charge is 0.355 e. The molecule has 0 unspecified atom stereocenters. The minimum Gasteiger partial charge on any atom is -0.355 e. The van der Waals surface area contributed by atoms with Gasteiger partial charge in [-0.25, -0.2) is 4.98 Å². The van der Waals surface area contributed by atoms with E-state index < -0.39 is 0 Å². The number of carbonyl (C=O) groups excluding carboxylic acids is 1. The second-order valence-electron chi connectivity index (χ2n) is 9.69. The number of aryl methyl sites for hydroxylation is 1. The van der Waals surface area contributed by atoms with Crippen LogP contribution < -0.4 is 10.5 Å². The zero-order valence-corrected chi connectivity index (χ0v) is 21.7. The van der Waals surface area contributed by atoms with Gasteiger partial charge in [0.25, 0.3) is 11.5 Å². The van der Waals surface area contributed by atoms with Gasteiger partial charge in [-0.1, -0.05) is 74.2 Å². The molecule has 35 heavy (non-hydrogen) atoms. The summed E-state index contributed by atoms with van der Waals surface area (Å²) in [6.07, 6.45) is 4.65. The Bertz CT molecular complexity index is 1390. The summed E-state index contributed by atoms with van der Waals surface area (Å²) in [4.78, 5) is 36.3. The molecule has 0 N–H and O–H groups in total. The van der Waals surface area contributed by atoms with Crippen molar-refractivity contribution < 1.29 is 4.79 Å². The molecule has 5 rings (SSSR count). The molecule has 2 atom stereocenters. The topological polar surface area (TPSA) is 57.9 Å². The summed E-state index contributed by atoms with van der Waals surface area (Å²) in [5, 5.41) is 0. The van der Waals surface area contributed by atoms with Gasteiger partial charge in [-0.2, -0.15) is 0 Å². The molecule has 2 saturated heterocycles. The zero-order chi connectivity index (χ0) is 24.7. The fraction of sp³-hybridized carbons (Fsp3) is 0.333. The van der Waals surface area contributed by atoms with E-state index in [1.165, 1.54) is 11.8 Å². The monoisotopic (exact) mass is 504 g/mol. The molecule has 2 aliphatic heterocycles. The van der Waals surface area contributed by atoms with Crippen molar-refractivity contribution in [1.82, 2.24) is 14.3 Å². The number of amides is 1. The van der Waals surface area contributed by atoms with Gasteiger partial charge in [0.15, 0.2) is 0 Å². The standard InChI is InChI=1S/C27H28N4O2S2/c1-17-9-10-23-28-24(29-13-18(2)11-19(3)14-29)21(25(32)30(23)15-17)12-22-26(33)31(27(34)35-22)16-20-7-5-4-6-8-20/h4-10,12,15,18-19H,11,13-14,16H2,1-3H3/b22-12-/t18-,19-/m0/s1. The number of anilines is 1. The number of benzene rings is 1. The van der Waals surface area contributed by atoms with E-state index in [9.17, 15) is 9.59 Å². The summed E-state index contributed by atoms with van der Waals surface area (Å²) in [6, 6.07) is 13.6. The smallest absolute Gasteiger partial charge is 0.267 e. The average molecular weight is 505 g/mol. The third-order valence-electron chi connectivity index (χ3n) is 6.49. The Labute approximate surface area is 214 Å². The van der Waals surface area contributed by atoms with Crippen LogP contribution in [-0.2, 0) is 11.3 Å². The number of pyridine rings is 1. The molecule has 180 valence electrons. The summed E-state index contributed by atoms with van der Waals surface area (Å²) < 4.78 is 2.07. The maximum atomic E-state index is 13.7. The second-order valence-corrected chi connectivity index (χ2v) is 11.4. The number of carbonyl (C=O) groups is 1. The van der Waals surface area contributed by atoms with Gasteiger partial charge < -0.3 is 4.90 Å². The summed E-state index contributed by atoms with van der Waals surface area (Å²) in [5.74, 6) is 1.46. The lowest BCUT2D eigenvalue weighted by molar-refractivity contribution is -0.122. The molecule has 0 radical (unpaired) electrons. The van der Waals surface area contributed by atoms with Crippen molar-refractivity contribution in [3.05, 3.63) is 80.6 Å². The van der Waals surface area contributed by atoms with E-state index in [0.717, 1.165) is 30.6 Å². The maximum Gasteiger partial charge on any atom is 0.267 e. The minimum atomic E-state index is -0.177. The molecule has 0 saturated carbocycles. The number of piperidine rings is 1. The number of nitrogens with zero attached hydrogens (tertiary/aromatic N) is 4. The highest BCUT2D eigenvalue weighted by atomic mass is 32.2. The number of thioether (sulfide) groups is 1. The fourth-order valence-corrected chi connectivity index (χ4v) is 6.22. The Morgan fingerprint density at radius 1 is 1.09 bits per heavy atom. The van der Waals surface area contributed by atoms with Crippen LogP contribution in [0.4, 0.5) is 5.82 Å². The molecule has 6 nitrogen and oxygen atoms in total. The Hall–Kier alpha value is -2.97. The van der Waals surface area contributed by atoms with Crippen LogP contribution in [0.5, 0.6) is 0 Å². The lowest BCUT2D eigenvalue weighted by Gasteiger charge is -2.36. The maximum absolute atomic E-state index is 13.7. The van der Waals surface area contributed by atoms with E-state index in [1.807, 2.05) is 49.4 Å². The van der Waals surface area contributed by atoms with Crippen molar-refractivity contribution in [2.24, 2.45) is 11.8 Å². The van der Waals surface area contributed by atoms with E-state index >= 15 is 0 Å². The van der Waals surface area contributed by atoms with Gasteiger partial charge in [-0.3, -0.25) is 18.9 Å². The first-order chi connectivity index (χ1) is 16.8. The first kappa shape index (κ1) is 23.8. The highest BCUT2D eigenvalue weighted by molar-refractivity contribution is 8.26. The van der Waals surface area contributed by atoms with Gasteiger partial charge >= 0.3 is 0 Å². The van der Waals surface area contributed by atoms with E-state index in [1.54, 1.807) is 21.6 Å². The SMILES string of the molecule is Cc1ccc2nc(N3C[C@@H](C)C[C@H](C)C3)c(/C=C3\SC(=S)N(Cc4ccccc4)C3=O)c(=O)n2c1. The van der Waals surface area contributed by atoms with Gasteiger partial charge in [0.05, 0.1) is 17.0 Å². The Morgan fingerprint density at radius 2 is 1.80 bits per heavy atom. The first-order valence-corrected chi connectivity index (χ1v) is 13.1. The van der Waals surface area contributed by atoms with E-state index in [-0.39, 0.29) is 11.5 Å². The molecule has 2 aliphatic rings. The number of hydrogen-bond acceptors (Lipinski definition) is 6. The Kier molecular flexibility index (Phi) is 6.51. The molecule has 8 heteroatoms. The predicted octanol–water partition coefficient (Wildman–Crippen LogP) is 4.89. The summed E-state index contributed by atoms with van der Waals surface area (Å²) >= 11 is 6.79.